The highest BCUT2D eigenvalue weighted by atomic mass is 35.5. The number of urea groups is 1. The number of nitrogens with zero attached hydrogens (tertiary/aromatic N) is 1. The number of alkyl halides is 1. The number of nitrogens with one attached hydrogen (secondary N) is 1. The molecule has 1 heterocycles. The van der Waals surface area contributed by atoms with Crippen molar-refractivity contribution < 1.29 is 19.1 Å². The number of carbonyl (C=O) groups excluding carboxylic acids is 2. The summed E-state index contributed by atoms with van der Waals surface area (Å²) in [6.07, 6.45) is 2.15. The highest BCUT2D eigenvalue weighted by molar-refractivity contribution is 6.18. The molecule has 7 heteroatoms. The molecule has 0 aromatic heterocycles. The summed E-state index contributed by atoms with van der Waals surface area (Å²) in [6, 6.07) is 4.78. The maximum absolute atomic E-state index is 12.2. The topological polar surface area (TPSA) is 67.9 Å². The van der Waals surface area contributed by atoms with E-state index in [0.717, 1.165) is 4.90 Å². The number of halogens is 1. The van der Waals surface area contributed by atoms with Crippen molar-refractivity contribution in [2.75, 3.05) is 26.6 Å². The van der Waals surface area contributed by atoms with Crippen LogP contribution in [0.25, 0.3) is 6.08 Å². The number of hydrogen-bond donors (Lipinski definition) is 1. The molecule has 1 N–H and O–H groups in total. The molecule has 0 atom stereocenters. The number of imide groups is 1. The van der Waals surface area contributed by atoms with E-state index in [-0.39, 0.29) is 11.6 Å². The van der Waals surface area contributed by atoms with Crippen LogP contribution in [-0.2, 0) is 4.79 Å². The standard InChI is InChI=1S/C15H17ClN2O4/c1-21-11-6-10(7-12(9-11)22-2)8-13-14(19)18(5-3-4-16)15(20)17-13/h6-9H,3-5H2,1-2H3,(H,17,20). The lowest BCUT2D eigenvalue weighted by atomic mass is 10.1. The van der Waals surface area contributed by atoms with Gasteiger partial charge in [0.15, 0.2) is 0 Å². The second-order valence-corrected chi connectivity index (χ2v) is 5.01. The highest BCUT2D eigenvalue weighted by Gasteiger charge is 2.32. The van der Waals surface area contributed by atoms with Crippen molar-refractivity contribution in [3.05, 3.63) is 29.5 Å². The van der Waals surface area contributed by atoms with Gasteiger partial charge in [-0.1, -0.05) is 0 Å². The lowest BCUT2D eigenvalue weighted by molar-refractivity contribution is -0.122. The summed E-state index contributed by atoms with van der Waals surface area (Å²) in [4.78, 5) is 25.1. The van der Waals surface area contributed by atoms with Gasteiger partial charge in [-0.25, -0.2) is 4.79 Å². The Hall–Kier alpha value is -2.21. The van der Waals surface area contributed by atoms with Gasteiger partial charge >= 0.3 is 6.03 Å². The Morgan fingerprint density at radius 1 is 1.18 bits per heavy atom. The van der Waals surface area contributed by atoms with Gasteiger partial charge in [0.2, 0.25) is 0 Å². The van der Waals surface area contributed by atoms with Gasteiger partial charge in [-0.05, 0) is 30.2 Å². The number of methoxy groups -OCH3 is 2. The van der Waals surface area contributed by atoms with Crippen molar-refractivity contribution in [2.45, 2.75) is 6.42 Å². The molecular weight excluding hydrogens is 308 g/mol. The minimum atomic E-state index is -0.434. The molecule has 0 unspecified atom stereocenters. The van der Waals surface area contributed by atoms with Crippen molar-refractivity contribution >= 4 is 29.6 Å². The summed E-state index contributed by atoms with van der Waals surface area (Å²) >= 11 is 5.60. The molecule has 6 nitrogen and oxygen atoms in total. The smallest absolute Gasteiger partial charge is 0.329 e. The molecule has 1 fully saturated rings. The lowest BCUT2D eigenvalue weighted by Crippen LogP contribution is -2.31. The molecule has 1 saturated heterocycles. The van der Waals surface area contributed by atoms with Crippen molar-refractivity contribution in [1.29, 1.82) is 0 Å². The van der Waals surface area contributed by atoms with Crippen molar-refractivity contribution in [3.63, 3.8) is 0 Å². The first-order valence-corrected chi connectivity index (χ1v) is 7.26. The van der Waals surface area contributed by atoms with Crippen LogP contribution in [0.5, 0.6) is 11.5 Å². The maximum atomic E-state index is 12.2. The molecule has 0 radical (unpaired) electrons. The van der Waals surface area contributed by atoms with Crippen LogP contribution in [0.2, 0.25) is 0 Å². The van der Waals surface area contributed by atoms with Crippen molar-refractivity contribution in [2.24, 2.45) is 0 Å². The van der Waals surface area contributed by atoms with E-state index in [1.54, 1.807) is 38.5 Å². The third-order valence-electron chi connectivity index (χ3n) is 3.16. The van der Waals surface area contributed by atoms with Crippen LogP contribution in [-0.4, -0.2) is 43.5 Å². The van der Waals surface area contributed by atoms with Crippen LogP contribution >= 0.6 is 11.6 Å². The first-order valence-electron chi connectivity index (χ1n) is 6.72. The molecule has 0 bridgehead atoms. The summed E-state index contributed by atoms with van der Waals surface area (Å²) in [7, 11) is 3.09. The van der Waals surface area contributed by atoms with E-state index in [9.17, 15) is 9.59 Å². The van der Waals surface area contributed by atoms with Crippen LogP contribution in [0, 0.1) is 0 Å². The molecule has 118 valence electrons. The second-order valence-electron chi connectivity index (χ2n) is 4.63. The molecular formula is C15H17ClN2O4. The zero-order chi connectivity index (χ0) is 16.1. The van der Waals surface area contributed by atoms with Crippen LogP contribution in [0.1, 0.15) is 12.0 Å². The van der Waals surface area contributed by atoms with Crippen LogP contribution in [0.4, 0.5) is 4.79 Å². The Bertz CT molecular complexity index is 593. The molecule has 1 aliphatic heterocycles. The quantitative estimate of drug-likeness (QED) is 0.495. The molecule has 0 spiro atoms. The SMILES string of the molecule is COc1cc(C=C2NC(=O)N(CCCCl)C2=O)cc(OC)c1. The first kappa shape index (κ1) is 16.2. The fraction of sp³-hybridized carbons (Fsp3) is 0.333. The third kappa shape index (κ3) is 3.51. The van der Waals surface area contributed by atoms with Crippen molar-refractivity contribution in [1.82, 2.24) is 10.2 Å². The van der Waals surface area contributed by atoms with E-state index in [0.29, 0.717) is 35.9 Å². The zero-order valence-corrected chi connectivity index (χ0v) is 13.1. The average molecular weight is 325 g/mol. The Morgan fingerprint density at radius 2 is 1.82 bits per heavy atom. The summed E-state index contributed by atoms with van der Waals surface area (Å²) in [5, 5.41) is 2.56. The largest absolute Gasteiger partial charge is 0.497 e. The number of hydrogen-bond acceptors (Lipinski definition) is 4. The molecule has 2 rings (SSSR count). The molecule has 1 aromatic carbocycles. The normalized spacial score (nSPS) is 16.1. The number of amides is 3. The molecule has 3 amide bonds. The predicted octanol–water partition coefficient (Wildman–Crippen LogP) is 2.23. The predicted molar refractivity (Wildman–Crippen MR) is 83.1 cm³/mol. The zero-order valence-electron chi connectivity index (χ0n) is 12.4. The van der Waals surface area contributed by atoms with Crippen LogP contribution < -0.4 is 14.8 Å². The number of ether oxygens (including phenoxy) is 2. The van der Waals surface area contributed by atoms with E-state index in [1.165, 1.54) is 0 Å². The van der Waals surface area contributed by atoms with Gasteiger partial charge in [0, 0.05) is 18.5 Å². The lowest BCUT2D eigenvalue weighted by Gasteiger charge is -2.09. The molecule has 0 aliphatic carbocycles. The van der Waals surface area contributed by atoms with E-state index in [1.807, 2.05) is 0 Å². The Labute approximate surface area is 133 Å². The van der Waals surface area contributed by atoms with Gasteiger partial charge in [0.05, 0.1) is 14.2 Å². The molecule has 1 aliphatic rings. The van der Waals surface area contributed by atoms with E-state index >= 15 is 0 Å². The molecule has 1 aromatic rings. The molecule has 22 heavy (non-hydrogen) atoms. The fourth-order valence-corrected chi connectivity index (χ4v) is 2.19. The monoisotopic (exact) mass is 324 g/mol. The fourth-order valence-electron chi connectivity index (χ4n) is 2.07. The number of carbonyl (C=O) groups is 2. The van der Waals surface area contributed by atoms with E-state index in [4.69, 9.17) is 21.1 Å². The van der Waals surface area contributed by atoms with Crippen LogP contribution in [0.15, 0.2) is 23.9 Å². The summed E-state index contributed by atoms with van der Waals surface area (Å²) in [5.74, 6) is 1.23. The summed E-state index contributed by atoms with van der Waals surface area (Å²) < 4.78 is 10.4. The summed E-state index contributed by atoms with van der Waals surface area (Å²) in [6.45, 7) is 0.299. The second kappa shape index (κ2) is 7.17. The van der Waals surface area contributed by atoms with Gasteiger partial charge in [-0.15, -0.1) is 11.6 Å². The third-order valence-corrected chi connectivity index (χ3v) is 3.43. The van der Waals surface area contributed by atoms with E-state index < -0.39 is 6.03 Å². The molecule has 0 saturated carbocycles. The minimum Gasteiger partial charge on any atom is -0.497 e. The van der Waals surface area contributed by atoms with Gasteiger partial charge in [-0.3, -0.25) is 9.69 Å². The van der Waals surface area contributed by atoms with Crippen molar-refractivity contribution in [3.8, 4) is 11.5 Å². The van der Waals surface area contributed by atoms with Gasteiger partial charge in [-0.2, -0.15) is 0 Å². The summed E-state index contributed by atoms with van der Waals surface area (Å²) in [5.41, 5.74) is 0.911. The van der Waals surface area contributed by atoms with Gasteiger partial charge in [0.25, 0.3) is 5.91 Å². The van der Waals surface area contributed by atoms with Gasteiger partial charge in [0.1, 0.15) is 17.2 Å². The number of benzene rings is 1. The van der Waals surface area contributed by atoms with E-state index in [2.05, 4.69) is 5.32 Å². The van der Waals surface area contributed by atoms with Crippen LogP contribution in [0.3, 0.4) is 0 Å². The Balaban J connectivity index is 2.26. The van der Waals surface area contributed by atoms with Gasteiger partial charge < -0.3 is 14.8 Å². The Kier molecular flexibility index (Phi) is 5.27. The Morgan fingerprint density at radius 3 is 2.36 bits per heavy atom. The average Bonchev–Trinajstić information content (AvgIpc) is 2.79. The maximum Gasteiger partial charge on any atom is 0.329 e. The minimum absolute atomic E-state index is 0.217. The first-order chi connectivity index (χ1) is 10.6. The number of rotatable bonds is 6. The highest BCUT2D eigenvalue weighted by Crippen LogP contribution is 2.24.